The number of hydrogen-bond donors (Lipinski definition) is 0. The lowest BCUT2D eigenvalue weighted by Crippen LogP contribution is -2.18. The molecule has 0 N–H and O–H groups in total. The summed E-state index contributed by atoms with van der Waals surface area (Å²) in [5.41, 5.74) is 5.59. The molecular weight excluding hydrogens is 374 g/mol. The van der Waals surface area contributed by atoms with Crippen LogP contribution in [0.25, 0.3) is 12.2 Å². The Morgan fingerprint density at radius 1 is 0.500 bits per heavy atom. The summed E-state index contributed by atoms with van der Waals surface area (Å²) < 4.78 is 0. The number of benzene rings is 2. The van der Waals surface area contributed by atoms with Gasteiger partial charge >= 0.3 is 0 Å². The largest absolute Gasteiger partial charge is 0.0694 e. The van der Waals surface area contributed by atoms with E-state index in [1.165, 1.54) is 11.1 Å². The third-order valence-electron chi connectivity index (χ3n) is 5.10. The van der Waals surface area contributed by atoms with Gasteiger partial charge in [0.05, 0.1) is 0 Å². The SMILES string of the molecule is CC(C)P(c1ccccc1C=Cc1ccccc1P(C(C)C)C(C)C)C(C)C. The molecular formula is C26H38P2. The molecule has 0 saturated heterocycles. The first-order chi connectivity index (χ1) is 13.2. The maximum Gasteiger partial charge on any atom is -0.0163 e. The highest BCUT2D eigenvalue weighted by molar-refractivity contribution is 7.67. The van der Waals surface area contributed by atoms with E-state index < -0.39 is 0 Å². The molecule has 0 unspecified atom stereocenters. The maximum absolute atomic E-state index is 2.37. The summed E-state index contributed by atoms with van der Waals surface area (Å²) in [7, 11) is -0.326. The molecule has 2 aromatic carbocycles. The highest BCUT2D eigenvalue weighted by Crippen LogP contribution is 2.47. The molecule has 152 valence electrons. The van der Waals surface area contributed by atoms with Crippen LogP contribution < -0.4 is 10.6 Å². The predicted molar refractivity (Wildman–Crippen MR) is 135 cm³/mol. The second-order valence-electron chi connectivity index (χ2n) is 8.64. The molecule has 0 aliphatic carbocycles. The summed E-state index contributed by atoms with van der Waals surface area (Å²) in [5.74, 6) is 0. The van der Waals surface area contributed by atoms with Crippen molar-refractivity contribution in [1.82, 2.24) is 0 Å². The Bertz CT molecular complexity index is 690. The van der Waals surface area contributed by atoms with Crippen LogP contribution in [0.2, 0.25) is 0 Å². The van der Waals surface area contributed by atoms with Crippen LogP contribution in [-0.2, 0) is 0 Å². The molecule has 0 fully saturated rings. The number of hydrogen-bond acceptors (Lipinski definition) is 0. The van der Waals surface area contributed by atoms with E-state index in [-0.39, 0.29) is 15.8 Å². The van der Waals surface area contributed by atoms with Crippen LogP contribution in [0.15, 0.2) is 48.5 Å². The predicted octanol–water partition coefficient (Wildman–Crippen LogP) is 7.71. The Hall–Kier alpha value is -0.960. The average molecular weight is 413 g/mol. The number of rotatable bonds is 8. The zero-order chi connectivity index (χ0) is 20.8. The first-order valence-corrected chi connectivity index (χ1v) is 13.6. The van der Waals surface area contributed by atoms with Crippen molar-refractivity contribution in [3.8, 4) is 0 Å². The van der Waals surface area contributed by atoms with Gasteiger partial charge in [-0.1, -0.05) is 132 Å². The van der Waals surface area contributed by atoms with Crippen molar-refractivity contribution in [2.24, 2.45) is 0 Å². The molecule has 0 spiro atoms. The summed E-state index contributed by atoms with van der Waals surface area (Å²) >= 11 is 0. The molecule has 0 amide bonds. The van der Waals surface area contributed by atoms with Gasteiger partial charge in [-0.2, -0.15) is 0 Å². The van der Waals surface area contributed by atoms with Crippen LogP contribution in [0.4, 0.5) is 0 Å². The fourth-order valence-electron chi connectivity index (χ4n) is 4.21. The molecule has 0 nitrogen and oxygen atoms in total. The van der Waals surface area contributed by atoms with E-state index in [0.717, 1.165) is 0 Å². The highest BCUT2D eigenvalue weighted by atomic mass is 31.1. The van der Waals surface area contributed by atoms with E-state index in [9.17, 15) is 0 Å². The summed E-state index contributed by atoms with van der Waals surface area (Å²) in [5, 5.41) is 3.09. The molecule has 0 aromatic heterocycles. The first kappa shape index (κ1) is 23.3. The van der Waals surface area contributed by atoms with Crippen LogP contribution >= 0.6 is 15.8 Å². The van der Waals surface area contributed by atoms with Crippen molar-refractivity contribution < 1.29 is 0 Å². The van der Waals surface area contributed by atoms with Crippen molar-refractivity contribution in [3.63, 3.8) is 0 Å². The quantitative estimate of drug-likeness (QED) is 0.308. The minimum absolute atomic E-state index is 0.163. The lowest BCUT2D eigenvalue weighted by atomic mass is 10.1. The lowest BCUT2D eigenvalue weighted by molar-refractivity contribution is 1.02. The zero-order valence-corrected chi connectivity index (χ0v) is 20.8. The Morgan fingerprint density at radius 3 is 1.07 bits per heavy atom. The Labute approximate surface area is 176 Å². The van der Waals surface area contributed by atoms with E-state index in [2.05, 4.69) is 116 Å². The fourth-order valence-corrected chi connectivity index (χ4v) is 10.2. The van der Waals surface area contributed by atoms with Crippen LogP contribution in [-0.4, -0.2) is 22.6 Å². The van der Waals surface area contributed by atoms with Crippen LogP contribution in [0.5, 0.6) is 0 Å². The standard InChI is InChI=1S/C26H38P2/c1-19(2)27(20(3)4)25-15-11-9-13-23(25)17-18-24-14-10-12-16-26(24)28(21(5)6)22(7)8/h9-22H,1-8H3. The van der Waals surface area contributed by atoms with Gasteiger partial charge in [-0.3, -0.25) is 0 Å². The second-order valence-corrected chi connectivity index (χ2v) is 15.4. The molecule has 28 heavy (non-hydrogen) atoms. The average Bonchev–Trinajstić information content (AvgIpc) is 2.61. The molecule has 0 bridgehead atoms. The van der Waals surface area contributed by atoms with Gasteiger partial charge in [0.15, 0.2) is 0 Å². The second kappa shape index (κ2) is 10.7. The van der Waals surface area contributed by atoms with Crippen molar-refractivity contribution >= 4 is 38.6 Å². The normalized spacial score (nSPS) is 12.6. The van der Waals surface area contributed by atoms with E-state index in [4.69, 9.17) is 0 Å². The molecule has 2 aromatic rings. The molecule has 0 saturated carbocycles. The smallest absolute Gasteiger partial charge is 0.0163 e. The molecule has 0 heterocycles. The van der Waals surface area contributed by atoms with Gasteiger partial charge in [-0.15, -0.1) is 0 Å². The van der Waals surface area contributed by atoms with Gasteiger partial charge in [0.25, 0.3) is 0 Å². The van der Waals surface area contributed by atoms with Crippen LogP contribution in [0, 0.1) is 0 Å². The summed E-state index contributed by atoms with van der Waals surface area (Å²) in [6.45, 7) is 19.0. The van der Waals surface area contributed by atoms with Crippen molar-refractivity contribution in [2.45, 2.75) is 78.0 Å². The topological polar surface area (TPSA) is 0 Å². The van der Waals surface area contributed by atoms with Gasteiger partial charge < -0.3 is 0 Å². The fraction of sp³-hybridized carbons (Fsp3) is 0.462. The Balaban J connectivity index is 2.46. The van der Waals surface area contributed by atoms with E-state index in [0.29, 0.717) is 22.6 Å². The van der Waals surface area contributed by atoms with Gasteiger partial charge in [0.1, 0.15) is 0 Å². The van der Waals surface area contributed by atoms with E-state index in [1.54, 1.807) is 10.6 Å². The first-order valence-electron chi connectivity index (χ1n) is 10.7. The minimum atomic E-state index is -0.163. The minimum Gasteiger partial charge on any atom is -0.0694 e. The monoisotopic (exact) mass is 412 g/mol. The van der Waals surface area contributed by atoms with Crippen molar-refractivity contribution in [3.05, 3.63) is 59.7 Å². The van der Waals surface area contributed by atoms with Crippen LogP contribution in [0.1, 0.15) is 66.5 Å². The Kier molecular flexibility index (Phi) is 8.92. The molecule has 2 heteroatoms. The Morgan fingerprint density at radius 2 is 0.786 bits per heavy atom. The summed E-state index contributed by atoms with van der Waals surface area (Å²) in [6.07, 6.45) is 4.73. The van der Waals surface area contributed by atoms with Gasteiger partial charge in [-0.05, 0) is 44.4 Å². The maximum atomic E-state index is 2.37. The lowest BCUT2D eigenvalue weighted by Gasteiger charge is -2.28. The molecule has 0 aliphatic heterocycles. The molecule has 2 rings (SSSR count). The van der Waals surface area contributed by atoms with Crippen LogP contribution in [0.3, 0.4) is 0 Å². The molecule has 0 aliphatic rings. The van der Waals surface area contributed by atoms with Gasteiger partial charge in [0.2, 0.25) is 0 Å². The third-order valence-corrected chi connectivity index (χ3v) is 11.5. The third kappa shape index (κ3) is 5.78. The van der Waals surface area contributed by atoms with E-state index >= 15 is 0 Å². The highest BCUT2D eigenvalue weighted by Gasteiger charge is 2.22. The van der Waals surface area contributed by atoms with Crippen molar-refractivity contribution in [1.29, 1.82) is 0 Å². The zero-order valence-electron chi connectivity index (χ0n) is 19.0. The molecule has 0 radical (unpaired) electrons. The van der Waals surface area contributed by atoms with E-state index in [1.807, 2.05) is 0 Å². The van der Waals surface area contributed by atoms with Crippen molar-refractivity contribution in [2.75, 3.05) is 0 Å². The molecule has 0 atom stereocenters. The van der Waals surface area contributed by atoms with Gasteiger partial charge in [0, 0.05) is 0 Å². The summed E-state index contributed by atoms with van der Waals surface area (Å²) in [4.78, 5) is 0. The van der Waals surface area contributed by atoms with Gasteiger partial charge in [-0.25, -0.2) is 0 Å². The summed E-state index contributed by atoms with van der Waals surface area (Å²) in [6, 6.07) is 18.1.